The lowest BCUT2D eigenvalue weighted by Gasteiger charge is -2.36. The molecule has 38 heavy (non-hydrogen) atoms. The molecule has 200 valence electrons. The number of ether oxygens (including phenoxy) is 1. The number of anilines is 4. The number of carbonyl (C=O) groups excluding carboxylic acids is 1. The molecule has 0 radical (unpaired) electrons. The number of likely N-dealkylation sites (N-methyl/N-ethyl adjacent to an activating group) is 1. The van der Waals surface area contributed by atoms with Gasteiger partial charge in [0.2, 0.25) is 5.95 Å². The number of nitrogens with one attached hydrogen (secondary N) is 1. The van der Waals surface area contributed by atoms with Crippen molar-refractivity contribution >= 4 is 28.9 Å². The summed E-state index contributed by atoms with van der Waals surface area (Å²) in [5.74, 6) is -2.30. The Morgan fingerprint density at radius 1 is 1.00 bits per heavy atom. The van der Waals surface area contributed by atoms with Gasteiger partial charge in [0.25, 0.3) is 5.91 Å². The number of hydrogen-bond acceptors (Lipinski definition) is 7. The molecule has 0 bridgehead atoms. The van der Waals surface area contributed by atoms with Crippen LogP contribution in [0.3, 0.4) is 0 Å². The second kappa shape index (κ2) is 10.1. The summed E-state index contributed by atoms with van der Waals surface area (Å²) in [6, 6.07) is 7.03. The summed E-state index contributed by atoms with van der Waals surface area (Å²) in [6.07, 6.45) is 0.112. The quantitative estimate of drug-likeness (QED) is 0.522. The molecule has 2 aliphatic rings. The summed E-state index contributed by atoms with van der Waals surface area (Å²) in [6.45, 7) is 8.30. The first-order valence-corrected chi connectivity index (χ1v) is 12.5. The Morgan fingerprint density at radius 3 is 2.42 bits per heavy atom. The van der Waals surface area contributed by atoms with Gasteiger partial charge < -0.3 is 24.8 Å². The topological polar surface area (TPSA) is 73.8 Å². The van der Waals surface area contributed by atoms with Gasteiger partial charge in [-0.25, -0.2) is 23.1 Å². The molecular weight excluding hydrogens is 497 g/mol. The number of aromatic nitrogens is 2. The van der Waals surface area contributed by atoms with Crippen molar-refractivity contribution in [3.8, 4) is 17.0 Å². The number of piperazine rings is 1. The first-order chi connectivity index (χ1) is 18.1. The fourth-order valence-electron chi connectivity index (χ4n) is 4.73. The van der Waals surface area contributed by atoms with Gasteiger partial charge in [-0.3, -0.25) is 4.79 Å². The molecule has 2 aliphatic heterocycles. The van der Waals surface area contributed by atoms with Crippen LogP contribution in [-0.2, 0) is 4.79 Å². The van der Waals surface area contributed by atoms with E-state index in [1.807, 2.05) is 11.9 Å². The van der Waals surface area contributed by atoms with Gasteiger partial charge in [-0.15, -0.1) is 0 Å². The second-order valence-corrected chi connectivity index (χ2v) is 9.84. The van der Waals surface area contributed by atoms with Gasteiger partial charge >= 0.3 is 0 Å². The molecule has 1 atom stereocenters. The van der Waals surface area contributed by atoms with Crippen LogP contribution < -0.4 is 19.9 Å². The van der Waals surface area contributed by atoms with Crippen LogP contribution in [0.25, 0.3) is 11.3 Å². The van der Waals surface area contributed by atoms with Crippen LogP contribution in [0.5, 0.6) is 5.75 Å². The van der Waals surface area contributed by atoms with Crippen LogP contribution in [0.1, 0.15) is 20.8 Å². The minimum Gasteiger partial charge on any atom is -0.476 e. The molecule has 1 N–H and O–H groups in total. The van der Waals surface area contributed by atoms with Crippen molar-refractivity contribution in [2.45, 2.75) is 32.9 Å². The number of halogens is 3. The van der Waals surface area contributed by atoms with Gasteiger partial charge in [0.15, 0.2) is 23.5 Å². The third-order valence-corrected chi connectivity index (χ3v) is 6.75. The zero-order valence-corrected chi connectivity index (χ0v) is 21.6. The van der Waals surface area contributed by atoms with Gasteiger partial charge in [0, 0.05) is 43.5 Å². The molecule has 1 aromatic heterocycles. The molecular formula is C27H29F3N6O2. The molecule has 5 rings (SSSR count). The minimum atomic E-state index is -0.847. The van der Waals surface area contributed by atoms with E-state index in [9.17, 15) is 13.6 Å². The molecule has 8 nitrogen and oxygen atoms in total. The maximum Gasteiger partial charge on any atom is 0.268 e. The second-order valence-electron chi connectivity index (χ2n) is 9.84. The maximum atomic E-state index is 15.1. The van der Waals surface area contributed by atoms with Gasteiger partial charge in [0.05, 0.1) is 17.6 Å². The van der Waals surface area contributed by atoms with Crippen molar-refractivity contribution in [2.24, 2.45) is 0 Å². The number of amides is 1. The summed E-state index contributed by atoms with van der Waals surface area (Å²) >= 11 is 0. The summed E-state index contributed by atoms with van der Waals surface area (Å²) in [7, 11) is 2.03. The van der Waals surface area contributed by atoms with E-state index in [-0.39, 0.29) is 40.6 Å². The van der Waals surface area contributed by atoms with Crippen molar-refractivity contribution in [3.05, 3.63) is 54.0 Å². The fraction of sp³-hybridized carbons (Fsp3) is 0.370. The highest BCUT2D eigenvalue weighted by atomic mass is 19.1. The Morgan fingerprint density at radius 2 is 1.74 bits per heavy atom. The first-order valence-electron chi connectivity index (χ1n) is 12.5. The molecule has 1 fully saturated rings. The van der Waals surface area contributed by atoms with Crippen molar-refractivity contribution in [2.75, 3.05) is 48.3 Å². The Hall–Kier alpha value is -3.86. The summed E-state index contributed by atoms with van der Waals surface area (Å²) in [4.78, 5) is 26.5. The highest BCUT2D eigenvalue weighted by Gasteiger charge is 2.35. The molecule has 0 aliphatic carbocycles. The highest BCUT2D eigenvalue weighted by molar-refractivity contribution is 6.01. The molecule has 0 spiro atoms. The van der Waals surface area contributed by atoms with Gasteiger partial charge in [-0.2, -0.15) is 0 Å². The predicted octanol–water partition coefficient (Wildman–Crippen LogP) is 4.58. The SMILES string of the molecule is CC1Oc2c(F)cc(-c3nc(Nc4ccc(N5CCN(C)CC5)c(F)c4)ncc3F)cc2N(C(C)C)C1=O. The van der Waals surface area contributed by atoms with Gasteiger partial charge in [-0.05, 0) is 58.2 Å². The number of benzene rings is 2. The van der Waals surface area contributed by atoms with Crippen LogP contribution in [0.15, 0.2) is 36.5 Å². The van der Waals surface area contributed by atoms with Crippen molar-refractivity contribution in [3.63, 3.8) is 0 Å². The summed E-state index contributed by atoms with van der Waals surface area (Å²) in [5.41, 5.74) is 1.03. The Balaban J connectivity index is 1.44. The number of carbonyl (C=O) groups is 1. The summed E-state index contributed by atoms with van der Waals surface area (Å²) in [5, 5.41) is 2.90. The van der Waals surface area contributed by atoms with Crippen molar-refractivity contribution in [1.82, 2.24) is 14.9 Å². The lowest BCUT2D eigenvalue weighted by atomic mass is 10.1. The fourth-order valence-corrected chi connectivity index (χ4v) is 4.73. The number of fused-ring (bicyclic) bond motifs is 1. The van der Waals surface area contributed by atoms with E-state index in [2.05, 4.69) is 20.2 Å². The van der Waals surface area contributed by atoms with Gasteiger partial charge in [0.1, 0.15) is 11.5 Å². The minimum absolute atomic E-state index is 0.00735. The Kier molecular flexibility index (Phi) is 6.87. The highest BCUT2D eigenvalue weighted by Crippen LogP contribution is 2.41. The zero-order valence-electron chi connectivity index (χ0n) is 21.6. The van der Waals surface area contributed by atoms with Crippen molar-refractivity contribution < 1.29 is 22.7 Å². The smallest absolute Gasteiger partial charge is 0.268 e. The average molecular weight is 527 g/mol. The van der Waals surface area contributed by atoms with E-state index in [0.29, 0.717) is 11.4 Å². The molecule has 1 amide bonds. The number of rotatable bonds is 5. The van der Waals surface area contributed by atoms with Crippen LogP contribution in [-0.4, -0.2) is 66.1 Å². The molecule has 1 saturated heterocycles. The lowest BCUT2D eigenvalue weighted by Crippen LogP contribution is -2.48. The largest absolute Gasteiger partial charge is 0.476 e. The normalized spacial score (nSPS) is 18.0. The van der Waals surface area contributed by atoms with Crippen LogP contribution >= 0.6 is 0 Å². The first kappa shape index (κ1) is 25.8. The van der Waals surface area contributed by atoms with E-state index in [4.69, 9.17) is 4.74 Å². The van der Waals surface area contributed by atoms with E-state index < -0.39 is 23.6 Å². The van der Waals surface area contributed by atoms with E-state index in [1.54, 1.807) is 32.9 Å². The average Bonchev–Trinajstić information content (AvgIpc) is 2.87. The summed E-state index contributed by atoms with van der Waals surface area (Å²) < 4.78 is 50.4. The Bertz CT molecular complexity index is 1380. The van der Waals surface area contributed by atoms with E-state index in [0.717, 1.165) is 38.4 Å². The van der Waals surface area contributed by atoms with Crippen LogP contribution in [0, 0.1) is 17.5 Å². The third-order valence-electron chi connectivity index (χ3n) is 6.75. The van der Waals surface area contributed by atoms with Gasteiger partial charge in [-0.1, -0.05) is 0 Å². The third kappa shape index (κ3) is 4.85. The van der Waals surface area contributed by atoms with Crippen LogP contribution in [0.4, 0.5) is 36.2 Å². The lowest BCUT2D eigenvalue weighted by molar-refractivity contribution is -0.126. The van der Waals surface area contributed by atoms with E-state index >= 15 is 4.39 Å². The molecule has 3 heterocycles. The van der Waals surface area contributed by atoms with Crippen LogP contribution in [0.2, 0.25) is 0 Å². The number of nitrogens with zero attached hydrogens (tertiary/aromatic N) is 5. The predicted molar refractivity (Wildman–Crippen MR) is 139 cm³/mol. The maximum absolute atomic E-state index is 15.1. The Labute approximate surface area is 219 Å². The molecule has 1 unspecified atom stereocenters. The molecule has 3 aromatic rings. The monoisotopic (exact) mass is 526 g/mol. The molecule has 0 saturated carbocycles. The zero-order chi connectivity index (χ0) is 27.1. The number of hydrogen-bond donors (Lipinski definition) is 1. The van der Waals surface area contributed by atoms with E-state index in [1.165, 1.54) is 17.0 Å². The van der Waals surface area contributed by atoms with Crippen molar-refractivity contribution in [1.29, 1.82) is 0 Å². The standard InChI is InChI=1S/C27H29F3N6O2/c1-15(2)36-23-12-17(11-20(29)25(23)38-16(3)26(36)37)24-21(30)14-31-27(33-24)32-18-5-6-22(19(28)13-18)35-9-7-34(4)8-10-35/h5-6,11-16H,7-10H2,1-4H3,(H,31,32,33). The molecule has 2 aromatic carbocycles. The molecule has 11 heteroatoms.